The van der Waals surface area contributed by atoms with Crippen LogP contribution < -0.4 is 5.32 Å². The molecule has 0 saturated heterocycles. The Morgan fingerprint density at radius 1 is 1.47 bits per heavy atom. The van der Waals surface area contributed by atoms with Gasteiger partial charge in [0.15, 0.2) is 0 Å². The maximum absolute atomic E-state index is 13.6. The van der Waals surface area contributed by atoms with Crippen molar-refractivity contribution >= 4 is 11.6 Å². The highest BCUT2D eigenvalue weighted by molar-refractivity contribution is 6.30. The molecule has 0 amide bonds. The van der Waals surface area contributed by atoms with Gasteiger partial charge in [-0.3, -0.25) is 0 Å². The van der Waals surface area contributed by atoms with Gasteiger partial charge in [-0.2, -0.15) is 0 Å². The Kier molecular flexibility index (Phi) is 4.37. The van der Waals surface area contributed by atoms with Gasteiger partial charge in [0.05, 0.1) is 5.02 Å². The molecular formula is C13H17ClFNO. The summed E-state index contributed by atoms with van der Waals surface area (Å²) in [5.41, 5.74) is 0.584. The number of hydrogen-bond donors (Lipinski definition) is 2. The Morgan fingerprint density at radius 2 is 2.24 bits per heavy atom. The number of halogens is 2. The topological polar surface area (TPSA) is 32.3 Å². The molecule has 1 aromatic rings. The number of benzene rings is 1. The van der Waals surface area contributed by atoms with Crippen LogP contribution in [0.15, 0.2) is 18.2 Å². The van der Waals surface area contributed by atoms with Crippen LogP contribution in [0.25, 0.3) is 0 Å². The lowest BCUT2D eigenvalue weighted by Crippen LogP contribution is -2.31. The zero-order valence-corrected chi connectivity index (χ0v) is 10.4. The van der Waals surface area contributed by atoms with Crippen LogP contribution in [0.1, 0.15) is 24.8 Å². The van der Waals surface area contributed by atoms with Crippen molar-refractivity contribution in [2.75, 3.05) is 6.61 Å². The van der Waals surface area contributed by atoms with E-state index in [0.29, 0.717) is 24.1 Å². The molecule has 2 N–H and O–H groups in total. The summed E-state index contributed by atoms with van der Waals surface area (Å²) >= 11 is 5.72. The summed E-state index contributed by atoms with van der Waals surface area (Å²) in [4.78, 5) is 0. The van der Waals surface area contributed by atoms with E-state index >= 15 is 0 Å². The van der Waals surface area contributed by atoms with E-state index in [1.165, 1.54) is 12.8 Å². The van der Waals surface area contributed by atoms with E-state index in [-0.39, 0.29) is 17.4 Å². The quantitative estimate of drug-likeness (QED) is 0.821. The smallest absolute Gasteiger partial charge is 0.146 e. The van der Waals surface area contributed by atoms with E-state index in [1.807, 2.05) is 0 Å². The molecule has 0 heterocycles. The number of rotatable bonds is 6. The molecular weight excluding hydrogens is 241 g/mol. The second kappa shape index (κ2) is 5.80. The predicted octanol–water partition coefficient (Wildman–Crippen LogP) is 2.73. The van der Waals surface area contributed by atoms with Crippen molar-refractivity contribution in [2.24, 2.45) is 5.92 Å². The highest BCUT2D eigenvalue weighted by Crippen LogP contribution is 2.34. The minimum atomic E-state index is -0.347. The van der Waals surface area contributed by atoms with Crippen molar-refractivity contribution in [1.29, 1.82) is 0 Å². The first-order chi connectivity index (χ1) is 8.22. The van der Waals surface area contributed by atoms with Gasteiger partial charge in [-0.05, 0) is 31.2 Å². The molecule has 1 saturated carbocycles. The summed E-state index contributed by atoms with van der Waals surface area (Å²) in [6.45, 7) is 0.639. The average Bonchev–Trinajstić information content (AvgIpc) is 3.13. The summed E-state index contributed by atoms with van der Waals surface area (Å²) < 4.78 is 13.6. The van der Waals surface area contributed by atoms with Crippen molar-refractivity contribution in [3.05, 3.63) is 34.6 Å². The molecule has 2 nitrogen and oxygen atoms in total. The van der Waals surface area contributed by atoms with E-state index in [0.717, 1.165) is 6.42 Å². The van der Waals surface area contributed by atoms with Crippen molar-refractivity contribution in [3.8, 4) is 0 Å². The van der Waals surface area contributed by atoms with Gasteiger partial charge in [0.25, 0.3) is 0 Å². The normalized spacial score (nSPS) is 17.1. The number of hydrogen-bond acceptors (Lipinski definition) is 2. The SMILES string of the molecule is OCCC(NCc1cccc(Cl)c1F)C1CC1. The third kappa shape index (κ3) is 3.41. The van der Waals surface area contributed by atoms with Crippen molar-refractivity contribution in [1.82, 2.24) is 5.32 Å². The molecule has 1 aromatic carbocycles. The monoisotopic (exact) mass is 257 g/mol. The summed E-state index contributed by atoms with van der Waals surface area (Å²) in [5.74, 6) is 0.296. The number of nitrogens with one attached hydrogen (secondary N) is 1. The molecule has 0 aromatic heterocycles. The summed E-state index contributed by atoms with van der Waals surface area (Å²) in [7, 11) is 0. The molecule has 17 heavy (non-hydrogen) atoms. The Hall–Kier alpha value is -0.640. The van der Waals surface area contributed by atoms with Gasteiger partial charge >= 0.3 is 0 Å². The van der Waals surface area contributed by atoms with Crippen molar-refractivity contribution < 1.29 is 9.50 Å². The Labute approximate surface area is 106 Å². The standard InChI is InChI=1S/C13H17ClFNO/c14-11-3-1-2-10(13(11)15)8-16-12(6-7-17)9-4-5-9/h1-3,9,12,16-17H,4-8H2. The highest BCUT2D eigenvalue weighted by atomic mass is 35.5. The average molecular weight is 258 g/mol. The molecule has 2 rings (SSSR count). The molecule has 1 aliphatic rings. The first-order valence-electron chi connectivity index (χ1n) is 5.99. The first-order valence-corrected chi connectivity index (χ1v) is 6.37. The van der Waals surface area contributed by atoms with Crippen LogP contribution in [0.4, 0.5) is 4.39 Å². The predicted molar refractivity (Wildman–Crippen MR) is 66.5 cm³/mol. The van der Waals surface area contributed by atoms with E-state index in [1.54, 1.807) is 18.2 Å². The summed E-state index contributed by atoms with van der Waals surface area (Å²) in [5, 5.41) is 12.4. The lowest BCUT2D eigenvalue weighted by molar-refractivity contribution is 0.255. The zero-order valence-electron chi connectivity index (χ0n) is 9.63. The maximum Gasteiger partial charge on any atom is 0.146 e. The van der Waals surface area contributed by atoms with Crippen LogP contribution in [0.5, 0.6) is 0 Å². The molecule has 94 valence electrons. The largest absolute Gasteiger partial charge is 0.396 e. The van der Waals surface area contributed by atoms with Crippen LogP contribution in [0, 0.1) is 11.7 Å². The third-order valence-electron chi connectivity index (χ3n) is 3.22. The van der Waals surface area contributed by atoms with E-state index in [4.69, 9.17) is 16.7 Å². The minimum Gasteiger partial charge on any atom is -0.396 e. The van der Waals surface area contributed by atoms with E-state index in [2.05, 4.69) is 5.32 Å². The fourth-order valence-corrected chi connectivity index (χ4v) is 2.26. The maximum atomic E-state index is 13.6. The third-order valence-corrected chi connectivity index (χ3v) is 3.51. The van der Waals surface area contributed by atoms with Gasteiger partial charge < -0.3 is 10.4 Å². The molecule has 0 spiro atoms. The Bertz CT molecular complexity index is 382. The van der Waals surface area contributed by atoms with E-state index < -0.39 is 0 Å². The second-order valence-electron chi connectivity index (χ2n) is 4.55. The highest BCUT2D eigenvalue weighted by Gasteiger charge is 2.30. The minimum absolute atomic E-state index is 0.162. The molecule has 1 atom stereocenters. The van der Waals surface area contributed by atoms with E-state index in [9.17, 15) is 4.39 Å². The Morgan fingerprint density at radius 3 is 2.88 bits per heavy atom. The second-order valence-corrected chi connectivity index (χ2v) is 4.96. The summed E-state index contributed by atoms with van der Waals surface area (Å²) in [6.07, 6.45) is 3.14. The van der Waals surface area contributed by atoms with Crippen LogP contribution in [0.3, 0.4) is 0 Å². The molecule has 0 bridgehead atoms. The zero-order chi connectivity index (χ0) is 12.3. The van der Waals surface area contributed by atoms with Crippen molar-refractivity contribution in [2.45, 2.75) is 31.8 Å². The fourth-order valence-electron chi connectivity index (χ4n) is 2.07. The van der Waals surface area contributed by atoms with Crippen LogP contribution in [-0.4, -0.2) is 17.8 Å². The molecule has 1 fully saturated rings. The fraction of sp³-hybridized carbons (Fsp3) is 0.538. The van der Waals surface area contributed by atoms with Gasteiger partial charge in [0, 0.05) is 24.8 Å². The van der Waals surface area contributed by atoms with Gasteiger partial charge in [0.1, 0.15) is 5.82 Å². The van der Waals surface area contributed by atoms with Crippen LogP contribution in [-0.2, 0) is 6.54 Å². The molecule has 4 heteroatoms. The Balaban J connectivity index is 1.93. The van der Waals surface area contributed by atoms with Crippen LogP contribution in [0.2, 0.25) is 5.02 Å². The lowest BCUT2D eigenvalue weighted by atomic mass is 10.1. The van der Waals surface area contributed by atoms with Gasteiger partial charge in [-0.15, -0.1) is 0 Å². The van der Waals surface area contributed by atoms with Gasteiger partial charge in [-0.1, -0.05) is 23.7 Å². The molecule has 0 aliphatic heterocycles. The molecule has 0 radical (unpaired) electrons. The van der Waals surface area contributed by atoms with Crippen molar-refractivity contribution in [3.63, 3.8) is 0 Å². The first kappa shape index (κ1) is 12.8. The molecule has 1 aliphatic carbocycles. The number of aliphatic hydroxyl groups excluding tert-OH is 1. The van der Waals surface area contributed by atoms with Gasteiger partial charge in [-0.25, -0.2) is 4.39 Å². The van der Waals surface area contributed by atoms with Crippen LogP contribution >= 0.6 is 11.6 Å². The molecule has 1 unspecified atom stereocenters. The lowest BCUT2D eigenvalue weighted by Gasteiger charge is -2.17. The van der Waals surface area contributed by atoms with Gasteiger partial charge in [0.2, 0.25) is 0 Å². The summed E-state index contributed by atoms with van der Waals surface area (Å²) in [6, 6.07) is 5.32. The number of aliphatic hydroxyl groups is 1.